The number of alkyl halides is 5. The topological polar surface area (TPSA) is 111 Å². The average molecular weight is 594 g/mol. The van der Waals surface area contributed by atoms with Gasteiger partial charge in [0.2, 0.25) is 11.8 Å². The van der Waals surface area contributed by atoms with E-state index in [1.54, 1.807) is 30.5 Å². The fraction of sp³-hybridized carbons (Fsp3) is 0.133. The van der Waals surface area contributed by atoms with Gasteiger partial charge in [-0.15, -0.1) is 0 Å². The molecule has 0 atom stereocenters. The smallest absolute Gasteiger partial charge is 0.417 e. The molecule has 0 aliphatic carbocycles. The Morgan fingerprint density at radius 3 is 2.23 bits per heavy atom. The predicted molar refractivity (Wildman–Crippen MR) is 146 cm³/mol. The molecule has 1 aliphatic heterocycles. The standard InChI is InChI=1S/C30H20F5N5O3/c31-29(32)15-40(16-29)28(41)19-5-3-18(4-6-19)20-7-8-21(22(11-20)30(33,34)35)27-39-14-24(43-27)23-13-38-26(42-23)10-2-17-1-9-25(36)37-12-17/h1-14H,15-16H2,(H2,36,37)/b10-2+. The second-order valence-corrected chi connectivity index (χ2v) is 9.79. The first-order valence-corrected chi connectivity index (χ1v) is 12.8. The molecule has 0 spiro atoms. The van der Waals surface area contributed by atoms with E-state index in [1.807, 2.05) is 0 Å². The number of nitrogen functional groups attached to an aromatic ring is 1. The van der Waals surface area contributed by atoms with Crippen LogP contribution in [0.3, 0.4) is 0 Å². The van der Waals surface area contributed by atoms with Crippen molar-refractivity contribution in [1.29, 1.82) is 0 Å². The van der Waals surface area contributed by atoms with E-state index in [1.165, 1.54) is 48.8 Å². The second kappa shape index (κ2) is 10.5. The zero-order valence-corrected chi connectivity index (χ0v) is 22.0. The van der Waals surface area contributed by atoms with Gasteiger partial charge in [-0.3, -0.25) is 4.79 Å². The summed E-state index contributed by atoms with van der Waals surface area (Å²) in [4.78, 5) is 25.5. The first-order chi connectivity index (χ1) is 20.4. The lowest BCUT2D eigenvalue weighted by atomic mass is 9.97. The molecule has 0 saturated carbocycles. The number of nitrogens with zero attached hydrogens (tertiary/aromatic N) is 4. The number of aromatic nitrogens is 3. The highest BCUT2D eigenvalue weighted by Crippen LogP contribution is 2.40. The zero-order valence-electron chi connectivity index (χ0n) is 22.0. The van der Waals surface area contributed by atoms with Crippen molar-refractivity contribution >= 4 is 23.9 Å². The van der Waals surface area contributed by atoms with Crippen LogP contribution in [-0.2, 0) is 6.18 Å². The largest absolute Gasteiger partial charge is 0.433 e. The number of carbonyl (C=O) groups is 1. The number of hydrogen-bond donors (Lipinski definition) is 1. The molecule has 6 rings (SSSR count). The Bertz CT molecular complexity index is 1820. The number of carbonyl (C=O) groups excluding carboxylic acids is 1. The Morgan fingerprint density at radius 2 is 1.56 bits per heavy atom. The van der Waals surface area contributed by atoms with Crippen LogP contribution >= 0.6 is 0 Å². The molecule has 2 N–H and O–H groups in total. The SMILES string of the molecule is Nc1ccc(/C=C/c2ncc(-c3cnc(-c4ccc(-c5ccc(C(=O)N6CC(F)(F)C6)cc5)cc4C(F)(F)F)o3)o2)cn1. The number of rotatable bonds is 6. The number of pyridine rings is 1. The first kappa shape index (κ1) is 27.8. The third-order valence-corrected chi connectivity index (χ3v) is 6.65. The molecule has 43 heavy (non-hydrogen) atoms. The fourth-order valence-corrected chi connectivity index (χ4v) is 4.46. The van der Waals surface area contributed by atoms with Crippen molar-refractivity contribution in [1.82, 2.24) is 19.9 Å². The summed E-state index contributed by atoms with van der Waals surface area (Å²) in [5.74, 6) is -2.91. The van der Waals surface area contributed by atoms with Crippen molar-refractivity contribution in [2.24, 2.45) is 0 Å². The van der Waals surface area contributed by atoms with Crippen molar-refractivity contribution in [3.05, 3.63) is 95.8 Å². The zero-order chi connectivity index (χ0) is 30.4. The quantitative estimate of drug-likeness (QED) is 0.213. The molecule has 8 nitrogen and oxygen atoms in total. The lowest BCUT2D eigenvalue weighted by Gasteiger charge is -2.38. The minimum atomic E-state index is -4.75. The maximum atomic E-state index is 14.1. The molecule has 0 radical (unpaired) electrons. The van der Waals surface area contributed by atoms with Crippen molar-refractivity contribution in [2.75, 3.05) is 18.8 Å². The second-order valence-electron chi connectivity index (χ2n) is 9.79. The Kier molecular flexibility index (Phi) is 6.79. The van der Waals surface area contributed by atoms with Crippen LogP contribution in [0, 0.1) is 0 Å². The fourth-order valence-electron chi connectivity index (χ4n) is 4.46. The van der Waals surface area contributed by atoms with Gasteiger partial charge in [0.1, 0.15) is 5.82 Å². The van der Waals surface area contributed by atoms with Gasteiger partial charge in [0, 0.05) is 23.4 Å². The lowest BCUT2D eigenvalue weighted by Crippen LogP contribution is -2.58. The Balaban J connectivity index is 1.22. The van der Waals surface area contributed by atoms with E-state index in [0.717, 1.165) is 16.5 Å². The van der Waals surface area contributed by atoms with Crippen LogP contribution in [0.1, 0.15) is 27.4 Å². The van der Waals surface area contributed by atoms with Crippen molar-refractivity contribution in [3.8, 4) is 34.1 Å². The summed E-state index contributed by atoms with van der Waals surface area (Å²) >= 11 is 0. The van der Waals surface area contributed by atoms with Gasteiger partial charge in [0.15, 0.2) is 11.5 Å². The molecule has 1 amide bonds. The van der Waals surface area contributed by atoms with Crippen LogP contribution in [0.15, 0.2) is 82.0 Å². The minimum Gasteiger partial charge on any atom is -0.433 e. The molecule has 0 bridgehead atoms. The number of hydrogen-bond acceptors (Lipinski definition) is 7. The van der Waals surface area contributed by atoms with Crippen LogP contribution in [0.4, 0.5) is 27.8 Å². The number of amides is 1. The van der Waals surface area contributed by atoms with Crippen LogP contribution < -0.4 is 5.73 Å². The van der Waals surface area contributed by atoms with Gasteiger partial charge in [0.25, 0.3) is 11.8 Å². The normalized spacial score (nSPS) is 14.7. The third-order valence-electron chi connectivity index (χ3n) is 6.65. The molecule has 1 fully saturated rings. The maximum absolute atomic E-state index is 14.1. The molecule has 1 saturated heterocycles. The Morgan fingerprint density at radius 1 is 0.860 bits per heavy atom. The van der Waals surface area contributed by atoms with Gasteiger partial charge in [-0.05, 0) is 59.2 Å². The van der Waals surface area contributed by atoms with Crippen molar-refractivity contribution in [3.63, 3.8) is 0 Å². The van der Waals surface area contributed by atoms with Crippen LogP contribution in [0.2, 0.25) is 0 Å². The number of nitrogens with two attached hydrogens (primary N) is 1. The van der Waals surface area contributed by atoms with E-state index < -0.39 is 36.7 Å². The van der Waals surface area contributed by atoms with Crippen molar-refractivity contribution in [2.45, 2.75) is 12.1 Å². The van der Waals surface area contributed by atoms with Crippen LogP contribution in [0.5, 0.6) is 0 Å². The van der Waals surface area contributed by atoms with E-state index in [0.29, 0.717) is 11.4 Å². The van der Waals surface area contributed by atoms with Gasteiger partial charge in [-0.2, -0.15) is 13.2 Å². The van der Waals surface area contributed by atoms with E-state index in [2.05, 4.69) is 15.0 Å². The van der Waals surface area contributed by atoms with Gasteiger partial charge in [0.05, 0.1) is 31.0 Å². The number of oxazole rings is 2. The third kappa shape index (κ3) is 5.87. The highest BCUT2D eigenvalue weighted by molar-refractivity contribution is 5.95. The summed E-state index contributed by atoms with van der Waals surface area (Å²) in [6, 6.07) is 12.8. The molecule has 0 unspecified atom stereocenters. The van der Waals surface area contributed by atoms with E-state index in [4.69, 9.17) is 14.6 Å². The van der Waals surface area contributed by atoms with Gasteiger partial charge >= 0.3 is 6.18 Å². The molecular weight excluding hydrogens is 573 g/mol. The molecule has 5 aromatic rings. The molecule has 3 aromatic heterocycles. The van der Waals surface area contributed by atoms with Gasteiger partial charge in [-0.25, -0.2) is 23.7 Å². The van der Waals surface area contributed by atoms with Crippen LogP contribution in [-0.4, -0.2) is 44.8 Å². The molecule has 2 aromatic carbocycles. The van der Waals surface area contributed by atoms with Crippen LogP contribution in [0.25, 0.3) is 46.3 Å². The van der Waals surface area contributed by atoms with Gasteiger partial charge in [-0.1, -0.05) is 18.2 Å². The average Bonchev–Trinajstić information content (AvgIpc) is 3.65. The number of anilines is 1. The summed E-state index contributed by atoms with van der Waals surface area (Å²) in [6.45, 7) is -1.33. The molecule has 4 heterocycles. The Hall–Kier alpha value is -5.33. The molecule has 1 aliphatic rings. The highest BCUT2D eigenvalue weighted by Gasteiger charge is 2.46. The lowest BCUT2D eigenvalue weighted by molar-refractivity contribution is -0.137. The van der Waals surface area contributed by atoms with E-state index in [-0.39, 0.29) is 40.0 Å². The first-order valence-electron chi connectivity index (χ1n) is 12.8. The van der Waals surface area contributed by atoms with Crippen molar-refractivity contribution < 1.29 is 35.6 Å². The Labute approximate surface area is 240 Å². The molecule has 13 heteroatoms. The summed E-state index contributed by atoms with van der Waals surface area (Å²) < 4.78 is 79.9. The molecule has 218 valence electrons. The van der Waals surface area contributed by atoms with Gasteiger partial charge < -0.3 is 19.5 Å². The summed E-state index contributed by atoms with van der Waals surface area (Å²) in [5.41, 5.74) is 5.83. The highest BCUT2D eigenvalue weighted by atomic mass is 19.4. The predicted octanol–water partition coefficient (Wildman–Crippen LogP) is 6.92. The number of likely N-dealkylation sites (tertiary alicyclic amines) is 1. The maximum Gasteiger partial charge on any atom is 0.417 e. The van der Waals surface area contributed by atoms with E-state index >= 15 is 0 Å². The minimum absolute atomic E-state index is 0.0775. The summed E-state index contributed by atoms with van der Waals surface area (Å²) in [6.07, 6.45) is 2.70. The monoisotopic (exact) mass is 593 g/mol. The molecular formula is C30H20F5N5O3. The number of benzene rings is 2. The van der Waals surface area contributed by atoms with E-state index in [9.17, 15) is 26.7 Å². The number of halogens is 5. The summed E-state index contributed by atoms with van der Waals surface area (Å²) in [5, 5.41) is 0. The summed E-state index contributed by atoms with van der Waals surface area (Å²) in [7, 11) is 0.